The fourth-order valence-corrected chi connectivity index (χ4v) is 0.254. The average molecular weight is 173 g/mol. The molecule has 0 bridgehead atoms. The van der Waals surface area contributed by atoms with Gasteiger partial charge in [-0.2, -0.15) is 0 Å². The van der Waals surface area contributed by atoms with E-state index in [9.17, 15) is 4.79 Å². The molecule has 0 saturated heterocycles. The number of ether oxygens (including phenoxy) is 1. The second kappa shape index (κ2) is 8.27. The fourth-order valence-electron chi connectivity index (χ4n) is 0.254. The third-order valence-corrected chi connectivity index (χ3v) is 0.624. The van der Waals surface area contributed by atoms with Crippen molar-refractivity contribution < 1.29 is 9.53 Å². The van der Waals surface area contributed by atoms with Gasteiger partial charge in [0.25, 0.3) is 0 Å². The molecule has 0 aliphatic carbocycles. The van der Waals surface area contributed by atoms with Crippen molar-refractivity contribution in [1.29, 1.82) is 0 Å². The third-order valence-electron chi connectivity index (χ3n) is 0.624. The summed E-state index contributed by atoms with van der Waals surface area (Å²) in [5.74, 6) is -0.312. The summed E-state index contributed by atoms with van der Waals surface area (Å²) in [6.45, 7) is 7.21. The predicted molar refractivity (Wildman–Crippen MR) is 51.1 cm³/mol. The molecule has 0 saturated carbocycles. The molecule has 72 valence electrons. The van der Waals surface area contributed by atoms with E-state index in [0.717, 1.165) is 0 Å². The standard InChI is InChI=1S/C6H10O2.C3H9N/c1-4-8-6(7)5(2)3;1-4(2)3/h2,4H2,1,3H3;1-3H3. The molecule has 0 aliphatic heterocycles. The van der Waals surface area contributed by atoms with Crippen LogP contribution in [0.1, 0.15) is 13.8 Å². The van der Waals surface area contributed by atoms with Crippen LogP contribution in [0.3, 0.4) is 0 Å². The Hall–Kier alpha value is -0.830. The van der Waals surface area contributed by atoms with Gasteiger partial charge in [-0.25, -0.2) is 4.79 Å². The van der Waals surface area contributed by atoms with E-state index >= 15 is 0 Å². The van der Waals surface area contributed by atoms with Gasteiger partial charge in [0.2, 0.25) is 0 Å². The first kappa shape index (κ1) is 13.7. The normalized spacial score (nSPS) is 8.50. The number of hydrogen-bond acceptors (Lipinski definition) is 3. The molecule has 0 aromatic carbocycles. The minimum absolute atomic E-state index is 0.312. The maximum atomic E-state index is 10.4. The van der Waals surface area contributed by atoms with Crippen molar-refractivity contribution >= 4 is 5.97 Å². The van der Waals surface area contributed by atoms with Crippen molar-refractivity contribution in [1.82, 2.24) is 4.90 Å². The molecular formula is C9H19NO2. The molecule has 0 N–H and O–H groups in total. The topological polar surface area (TPSA) is 29.5 Å². The molecule has 12 heavy (non-hydrogen) atoms. The smallest absolute Gasteiger partial charge is 0.333 e. The van der Waals surface area contributed by atoms with Crippen LogP contribution in [0.2, 0.25) is 0 Å². The van der Waals surface area contributed by atoms with Gasteiger partial charge in [0.15, 0.2) is 0 Å². The first-order valence-corrected chi connectivity index (χ1v) is 3.85. The molecule has 0 aliphatic rings. The lowest BCUT2D eigenvalue weighted by molar-refractivity contribution is -0.138. The molecule has 0 spiro atoms. The summed E-state index contributed by atoms with van der Waals surface area (Å²) in [6, 6.07) is 0. The molecule has 0 radical (unpaired) electrons. The van der Waals surface area contributed by atoms with E-state index in [1.165, 1.54) is 0 Å². The van der Waals surface area contributed by atoms with Crippen LogP contribution in [0.25, 0.3) is 0 Å². The molecule has 0 amide bonds. The molecule has 3 heteroatoms. The predicted octanol–water partition coefficient (Wildman–Crippen LogP) is 1.30. The Balaban J connectivity index is 0. The molecule has 0 atom stereocenters. The van der Waals surface area contributed by atoms with Gasteiger partial charge in [-0.1, -0.05) is 6.58 Å². The van der Waals surface area contributed by atoms with E-state index in [1.54, 1.807) is 13.8 Å². The molecule has 0 rings (SSSR count). The summed E-state index contributed by atoms with van der Waals surface area (Å²) in [5, 5.41) is 0. The molecule has 0 aromatic heterocycles. The Bertz CT molecular complexity index is 139. The van der Waals surface area contributed by atoms with Gasteiger partial charge in [0, 0.05) is 5.57 Å². The monoisotopic (exact) mass is 173 g/mol. The highest BCUT2D eigenvalue weighted by atomic mass is 16.5. The maximum Gasteiger partial charge on any atom is 0.333 e. The third kappa shape index (κ3) is 16.1. The van der Waals surface area contributed by atoms with E-state index in [4.69, 9.17) is 0 Å². The van der Waals surface area contributed by atoms with Gasteiger partial charge in [0.05, 0.1) is 6.61 Å². The molecular weight excluding hydrogens is 154 g/mol. The van der Waals surface area contributed by atoms with Gasteiger partial charge in [-0.05, 0) is 35.0 Å². The number of esters is 1. The maximum absolute atomic E-state index is 10.4. The zero-order valence-corrected chi connectivity index (χ0v) is 8.68. The zero-order valence-electron chi connectivity index (χ0n) is 8.68. The van der Waals surface area contributed by atoms with E-state index in [1.807, 2.05) is 26.0 Å². The van der Waals surface area contributed by atoms with Crippen LogP contribution in [0.4, 0.5) is 0 Å². The van der Waals surface area contributed by atoms with E-state index in [0.29, 0.717) is 12.2 Å². The van der Waals surface area contributed by atoms with Gasteiger partial charge in [-0.3, -0.25) is 0 Å². The van der Waals surface area contributed by atoms with E-state index < -0.39 is 0 Å². The Labute approximate surface area is 75.0 Å². The largest absolute Gasteiger partial charge is 0.463 e. The highest BCUT2D eigenvalue weighted by Crippen LogP contribution is 1.89. The number of carbonyl (C=O) groups is 1. The van der Waals surface area contributed by atoms with Crippen LogP contribution < -0.4 is 0 Å². The van der Waals surface area contributed by atoms with Crippen molar-refractivity contribution in [3.63, 3.8) is 0 Å². The summed E-state index contributed by atoms with van der Waals surface area (Å²) < 4.78 is 4.56. The van der Waals surface area contributed by atoms with Crippen LogP contribution in [0, 0.1) is 0 Å². The average Bonchev–Trinajstić information content (AvgIpc) is 1.86. The SMILES string of the molecule is C=C(C)C(=O)OCC.CN(C)C. The van der Waals surface area contributed by atoms with Gasteiger partial charge in [-0.15, -0.1) is 0 Å². The molecule has 0 unspecified atom stereocenters. The van der Waals surface area contributed by atoms with Gasteiger partial charge < -0.3 is 9.64 Å². The van der Waals surface area contributed by atoms with Gasteiger partial charge >= 0.3 is 5.97 Å². The molecule has 3 nitrogen and oxygen atoms in total. The Kier molecular flexibility index (Phi) is 9.47. The summed E-state index contributed by atoms with van der Waals surface area (Å²) in [5.41, 5.74) is 0.451. The van der Waals surface area contributed by atoms with Crippen LogP contribution in [0.15, 0.2) is 12.2 Å². The Morgan fingerprint density at radius 1 is 1.42 bits per heavy atom. The van der Waals surface area contributed by atoms with E-state index in [-0.39, 0.29) is 5.97 Å². The number of nitrogens with zero attached hydrogens (tertiary/aromatic N) is 1. The lowest BCUT2D eigenvalue weighted by Crippen LogP contribution is -2.03. The van der Waals surface area contributed by atoms with Crippen molar-refractivity contribution in [2.75, 3.05) is 27.7 Å². The van der Waals surface area contributed by atoms with Crippen molar-refractivity contribution in [3.8, 4) is 0 Å². The van der Waals surface area contributed by atoms with Crippen LogP contribution >= 0.6 is 0 Å². The lowest BCUT2D eigenvalue weighted by atomic mass is 10.4. The van der Waals surface area contributed by atoms with E-state index in [2.05, 4.69) is 11.3 Å². The number of carbonyl (C=O) groups excluding carboxylic acids is 1. The Morgan fingerprint density at radius 3 is 1.83 bits per heavy atom. The van der Waals surface area contributed by atoms with Crippen LogP contribution in [-0.4, -0.2) is 38.6 Å². The number of rotatable bonds is 2. The molecule has 0 fully saturated rings. The highest BCUT2D eigenvalue weighted by Gasteiger charge is 1.98. The summed E-state index contributed by atoms with van der Waals surface area (Å²) in [7, 11) is 6.00. The van der Waals surface area contributed by atoms with Crippen molar-refractivity contribution in [2.24, 2.45) is 0 Å². The Morgan fingerprint density at radius 2 is 1.75 bits per heavy atom. The zero-order chi connectivity index (χ0) is 10.1. The second-order valence-corrected chi connectivity index (χ2v) is 2.84. The van der Waals surface area contributed by atoms with Gasteiger partial charge in [0.1, 0.15) is 0 Å². The minimum atomic E-state index is -0.312. The lowest BCUT2D eigenvalue weighted by Gasteiger charge is -1.96. The second-order valence-electron chi connectivity index (χ2n) is 2.84. The minimum Gasteiger partial charge on any atom is -0.463 e. The first-order valence-electron chi connectivity index (χ1n) is 3.85. The fraction of sp³-hybridized carbons (Fsp3) is 0.667. The number of hydrogen-bond donors (Lipinski definition) is 0. The quantitative estimate of drug-likeness (QED) is 0.465. The van der Waals surface area contributed by atoms with Crippen molar-refractivity contribution in [3.05, 3.63) is 12.2 Å². The highest BCUT2D eigenvalue weighted by molar-refractivity contribution is 5.86. The summed E-state index contributed by atoms with van der Waals surface area (Å²) in [6.07, 6.45) is 0. The summed E-state index contributed by atoms with van der Waals surface area (Å²) in [4.78, 5) is 12.4. The summed E-state index contributed by atoms with van der Waals surface area (Å²) >= 11 is 0. The first-order chi connectivity index (χ1) is 5.41. The van der Waals surface area contributed by atoms with Crippen LogP contribution in [0.5, 0.6) is 0 Å². The van der Waals surface area contributed by atoms with Crippen LogP contribution in [-0.2, 0) is 9.53 Å². The molecule has 0 aromatic rings. The van der Waals surface area contributed by atoms with Crippen molar-refractivity contribution in [2.45, 2.75) is 13.8 Å². The molecule has 0 heterocycles.